The molecule has 0 bridgehead atoms. The highest BCUT2D eigenvalue weighted by Crippen LogP contribution is 2.21. The standard InChI is InChI=1S/C16H27F3N6O/c1-4-20-15(21-8-14-22-12(3)26-23-14)25-7-6-13(10-25)9-24(5-2)11-16(17,18)19/h13H,4-11H2,1-3H3,(H,20,21). The number of halogens is 3. The molecule has 1 atom stereocenters. The maximum absolute atomic E-state index is 12.6. The van der Waals surface area contributed by atoms with Gasteiger partial charge in [-0.3, -0.25) is 4.90 Å². The predicted octanol–water partition coefficient (Wildman–Crippen LogP) is 2.05. The van der Waals surface area contributed by atoms with Gasteiger partial charge in [0, 0.05) is 33.1 Å². The van der Waals surface area contributed by atoms with Crippen LogP contribution in [0.15, 0.2) is 9.52 Å². The highest BCUT2D eigenvalue weighted by Gasteiger charge is 2.33. The van der Waals surface area contributed by atoms with Crippen LogP contribution in [0.3, 0.4) is 0 Å². The van der Waals surface area contributed by atoms with Crippen molar-refractivity contribution in [3.63, 3.8) is 0 Å². The van der Waals surface area contributed by atoms with E-state index in [0.29, 0.717) is 44.4 Å². The monoisotopic (exact) mass is 376 g/mol. The van der Waals surface area contributed by atoms with Gasteiger partial charge < -0.3 is 14.7 Å². The minimum absolute atomic E-state index is 0.188. The van der Waals surface area contributed by atoms with E-state index in [1.54, 1.807) is 13.8 Å². The molecule has 2 rings (SSSR count). The maximum Gasteiger partial charge on any atom is 0.401 e. The predicted molar refractivity (Wildman–Crippen MR) is 91.7 cm³/mol. The first-order valence-corrected chi connectivity index (χ1v) is 8.92. The molecule has 10 heteroatoms. The number of hydrogen-bond acceptors (Lipinski definition) is 5. The van der Waals surface area contributed by atoms with Gasteiger partial charge in [0.1, 0.15) is 6.54 Å². The molecule has 1 aromatic rings. The number of aliphatic imine (C=N–C) groups is 1. The third kappa shape index (κ3) is 6.47. The fourth-order valence-electron chi connectivity index (χ4n) is 3.08. The molecule has 1 aliphatic heterocycles. The zero-order valence-electron chi connectivity index (χ0n) is 15.5. The molecule has 2 heterocycles. The molecule has 148 valence electrons. The fourth-order valence-corrected chi connectivity index (χ4v) is 3.08. The largest absolute Gasteiger partial charge is 0.401 e. The maximum atomic E-state index is 12.6. The molecule has 0 spiro atoms. The quantitative estimate of drug-likeness (QED) is 0.580. The Bertz CT molecular complexity index is 589. The summed E-state index contributed by atoms with van der Waals surface area (Å²) >= 11 is 0. The molecule has 1 unspecified atom stereocenters. The zero-order chi connectivity index (χ0) is 19.2. The van der Waals surface area contributed by atoms with Gasteiger partial charge in [-0.05, 0) is 25.8 Å². The molecule has 1 aromatic heterocycles. The van der Waals surface area contributed by atoms with E-state index in [4.69, 9.17) is 4.52 Å². The molecule has 0 radical (unpaired) electrons. The minimum Gasteiger partial charge on any atom is -0.357 e. The topological polar surface area (TPSA) is 69.8 Å². The Morgan fingerprint density at radius 2 is 2.19 bits per heavy atom. The molecular formula is C16H27F3N6O. The van der Waals surface area contributed by atoms with Crippen molar-refractivity contribution in [1.82, 2.24) is 25.3 Å². The Balaban J connectivity index is 1.92. The SMILES string of the molecule is CCNC(=NCc1noc(C)n1)N1CCC(CN(CC)CC(F)(F)F)C1. The Morgan fingerprint density at radius 3 is 2.77 bits per heavy atom. The van der Waals surface area contributed by atoms with Gasteiger partial charge in [0.25, 0.3) is 0 Å². The molecule has 0 saturated carbocycles. The summed E-state index contributed by atoms with van der Waals surface area (Å²) in [5.41, 5.74) is 0. The lowest BCUT2D eigenvalue weighted by Crippen LogP contribution is -2.41. The summed E-state index contributed by atoms with van der Waals surface area (Å²) in [5.74, 6) is 1.92. The van der Waals surface area contributed by atoms with E-state index >= 15 is 0 Å². The third-order valence-corrected chi connectivity index (χ3v) is 4.23. The number of alkyl halides is 3. The van der Waals surface area contributed by atoms with E-state index in [0.717, 1.165) is 18.9 Å². The van der Waals surface area contributed by atoms with Crippen LogP contribution in [0.2, 0.25) is 0 Å². The van der Waals surface area contributed by atoms with E-state index in [1.807, 2.05) is 6.92 Å². The lowest BCUT2D eigenvalue weighted by Gasteiger charge is -2.26. The summed E-state index contributed by atoms with van der Waals surface area (Å²) in [6, 6.07) is 0. The Morgan fingerprint density at radius 1 is 1.42 bits per heavy atom. The molecule has 1 N–H and O–H groups in total. The molecule has 7 nitrogen and oxygen atoms in total. The highest BCUT2D eigenvalue weighted by molar-refractivity contribution is 5.80. The van der Waals surface area contributed by atoms with Crippen LogP contribution in [0.25, 0.3) is 0 Å². The van der Waals surface area contributed by atoms with Crippen molar-refractivity contribution in [3.8, 4) is 0 Å². The average molecular weight is 376 g/mol. The van der Waals surface area contributed by atoms with Gasteiger partial charge in [-0.2, -0.15) is 18.2 Å². The number of aromatic nitrogens is 2. The van der Waals surface area contributed by atoms with Gasteiger partial charge in [0.15, 0.2) is 11.8 Å². The summed E-state index contributed by atoms with van der Waals surface area (Å²) < 4.78 is 42.8. The van der Waals surface area contributed by atoms with Crippen LogP contribution in [0.4, 0.5) is 13.2 Å². The summed E-state index contributed by atoms with van der Waals surface area (Å²) in [5, 5.41) is 7.05. The van der Waals surface area contributed by atoms with E-state index in [2.05, 4.69) is 25.3 Å². The Kier molecular flexibility index (Phi) is 7.24. The van der Waals surface area contributed by atoms with Gasteiger partial charge >= 0.3 is 6.18 Å². The molecule has 0 aromatic carbocycles. The number of guanidine groups is 1. The summed E-state index contributed by atoms with van der Waals surface area (Å²) in [6.45, 7) is 7.90. The van der Waals surface area contributed by atoms with E-state index in [9.17, 15) is 13.2 Å². The second kappa shape index (κ2) is 9.20. The summed E-state index contributed by atoms with van der Waals surface area (Å²) in [4.78, 5) is 12.2. The van der Waals surface area contributed by atoms with Gasteiger partial charge in [-0.25, -0.2) is 4.99 Å². The number of nitrogens with zero attached hydrogens (tertiary/aromatic N) is 5. The molecule has 0 amide bonds. The first-order valence-electron chi connectivity index (χ1n) is 8.92. The second-order valence-electron chi connectivity index (χ2n) is 6.44. The van der Waals surface area contributed by atoms with Crippen LogP contribution in [0, 0.1) is 12.8 Å². The van der Waals surface area contributed by atoms with E-state index in [-0.39, 0.29) is 5.92 Å². The number of rotatable bonds is 7. The van der Waals surface area contributed by atoms with Crippen molar-refractivity contribution in [1.29, 1.82) is 0 Å². The van der Waals surface area contributed by atoms with Crippen molar-refractivity contribution in [2.45, 2.75) is 39.9 Å². The minimum atomic E-state index is -4.16. The van der Waals surface area contributed by atoms with Crippen LogP contribution in [-0.2, 0) is 6.54 Å². The van der Waals surface area contributed by atoms with E-state index in [1.165, 1.54) is 4.90 Å². The molecule has 1 saturated heterocycles. The lowest BCUT2D eigenvalue weighted by atomic mass is 10.1. The van der Waals surface area contributed by atoms with Crippen LogP contribution in [-0.4, -0.2) is 71.3 Å². The molecule has 1 fully saturated rings. The normalized spacial score (nSPS) is 18.8. The van der Waals surface area contributed by atoms with Crippen LogP contribution in [0.5, 0.6) is 0 Å². The Labute approximate surface area is 151 Å². The van der Waals surface area contributed by atoms with Gasteiger partial charge in [-0.1, -0.05) is 12.1 Å². The van der Waals surface area contributed by atoms with Crippen molar-refractivity contribution in [3.05, 3.63) is 11.7 Å². The van der Waals surface area contributed by atoms with Crippen molar-refractivity contribution in [2.24, 2.45) is 10.9 Å². The van der Waals surface area contributed by atoms with Crippen LogP contribution >= 0.6 is 0 Å². The molecule has 0 aliphatic carbocycles. The van der Waals surface area contributed by atoms with Crippen LogP contribution < -0.4 is 5.32 Å². The number of likely N-dealkylation sites (tertiary alicyclic amines) is 1. The third-order valence-electron chi connectivity index (χ3n) is 4.23. The average Bonchev–Trinajstić information content (AvgIpc) is 3.18. The number of hydrogen-bond donors (Lipinski definition) is 1. The first kappa shape index (κ1) is 20.5. The highest BCUT2D eigenvalue weighted by atomic mass is 19.4. The first-order chi connectivity index (χ1) is 12.3. The summed E-state index contributed by atoms with van der Waals surface area (Å²) in [7, 11) is 0. The summed E-state index contributed by atoms with van der Waals surface area (Å²) in [6.07, 6.45) is -3.31. The smallest absolute Gasteiger partial charge is 0.357 e. The van der Waals surface area contributed by atoms with Crippen molar-refractivity contribution < 1.29 is 17.7 Å². The van der Waals surface area contributed by atoms with Gasteiger partial charge in [0.2, 0.25) is 5.89 Å². The van der Waals surface area contributed by atoms with Gasteiger partial charge in [0.05, 0.1) is 6.54 Å². The number of nitrogens with one attached hydrogen (secondary N) is 1. The molecule has 1 aliphatic rings. The zero-order valence-corrected chi connectivity index (χ0v) is 15.5. The van der Waals surface area contributed by atoms with E-state index < -0.39 is 12.7 Å². The van der Waals surface area contributed by atoms with Crippen molar-refractivity contribution >= 4 is 5.96 Å². The van der Waals surface area contributed by atoms with Gasteiger partial charge in [-0.15, -0.1) is 0 Å². The second-order valence-corrected chi connectivity index (χ2v) is 6.44. The van der Waals surface area contributed by atoms with Crippen molar-refractivity contribution in [2.75, 3.05) is 39.3 Å². The number of aryl methyl sites for hydroxylation is 1. The Hall–Kier alpha value is -1.84. The lowest BCUT2D eigenvalue weighted by molar-refractivity contribution is -0.146. The fraction of sp³-hybridized carbons (Fsp3) is 0.812. The molecular weight excluding hydrogens is 349 g/mol. The van der Waals surface area contributed by atoms with Crippen LogP contribution in [0.1, 0.15) is 32.0 Å². The molecule has 26 heavy (non-hydrogen) atoms.